The van der Waals surface area contributed by atoms with Crippen molar-refractivity contribution in [3.63, 3.8) is 0 Å². The van der Waals surface area contributed by atoms with Crippen LogP contribution >= 0.6 is 0 Å². The minimum absolute atomic E-state index is 0.134. The third kappa shape index (κ3) is 3.84. The first-order valence-corrected chi connectivity index (χ1v) is 9.29. The van der Waals surface area contributed by atoms with Crippen LogP contribution in [-0.4, -0.2) is 31.9 Å². The van der Waals surface area contributed by atoms with Crippen LogP contribution in [0.3, 0.4) is 0 Å². The van der Waals surface area contributed by atoms with Crippen LogP contribution in [0.25, 0.3) is 0 Å². The summed E-state index contributed by atoms with van der Waals surface area (Å²) in [5.41, 5.74) is 6.41. The van der Waals surface area contributed by atoms with Gasteiger partial charge >= 0.3 is 0 Å². The molecule has 0 heterocycles. The summed E-state index contributed by atoms with van der Waals surface area (Å²) in [5, 5.41) is 0. The smallest absolute Gasteiger partial charge is 0.243 e. The highest BCUT2D eigenvalue weighted by Gasteiger charge is 2.32. The Hall–Kier alpha value is -0.910. The second kappa shape index (κ2) is 7.38. The van der Waals surface area contributed by atoms with Gasteiger partial charge in [-0.25, -0.2) is 8.42 Å². The molecule has 0 spiro atoms. The molecule has 1 aliphatic carbocycles. The second-order valence-corrected chi connectivity index (χ2v) is 7.67. The van der Waals surface area contributed by atoms with Gasteiger partial charge < -0.3 is 5.73 Å². The molecule has 0 unspecified atom stereocenters. The molecular weight excluding hydrogens is 284 g/mol. The Bertz CT molecular complexity index is 551. The van der Waals surface area contributed by atoms with Gasteiger partial charge in [-0.15, -0.1) is 0 Å². The maximum absolute atomic E-state index is 13.0. The summed E-state index contributed by atoms with van der Waals surface area (Å²) >= 11 is 0. The zero-order valence-corrected chi connectivity index (χ0v) is 13.6. The van der Waals surface area contributed by atoms with Gasteiger partial charge in [0.1, 0.15) is 0 Å². The topological polar surface area (TPSA) is 63.4 Å². The molecule has 0 atom stereocenters. The van der Waals surface area contributed by atoms with Crippen LogP contribution in [0.4, 0.5) is 0 Å². The maximum atomic E-state index is 13.0. The van der Waals surface area contributed by atoms with Gasteiger partial charge in [0.25, 0.3) is 0 Å². The first kappa shape index (κ1) is 16.5. The van der Waals surface area contributed by atoms with E-state index in [1.165, 1.54) is 6.42 Å². The Balaban J connectivity index is 2.32. The lowest BCUT2D eigenvalue weighted by molar-refractivity contribution is 0.252. The number of sulfonamides is 1. The zero-order valence-electron chi connectivity index (χ0n) is 12.8. The molecule has 0 aromatic heterocycles. The van der Waals surface area contributed by atoms with Crippen molar-refractivity contribution in [2.45, 2.75) is 56.4 Å². The summed E-state index contributed by atoms with van der Waals surface area (Å²) in [4.78, 5) is 0.438. The molecule has 1 aromatic rings. The lowest BCUT2D eigenvalue weighted by Crippen LogP contribution is -2.42. The first-order valence-electron chi connectivity index (χ1n) is 7.85. The van der Waals surface area contributed by atoms with Gasteiger partial charge in [0, 0.05) is 12.6 Å². The van der Waals surface area contributed by atoms with Crippen LogP contribution in [0.5, 0.6) is 0 Å². The highest BCUT2D eigenvalue weighted by molar-refractivity contribution is 7.89. The number of aryl methyl sites for hydroxylation is 1. The van der Waals surface area contributed by atoms with E-state index in [0.717, 1.165) is 31.2 Å². The molecule has 4 nitrogen and oxygen atoms in total. The molecule has 0 bridgehead atoms. The van der Waals surface area contributed by atoms with Gasteiger partial charge in [-0.3, -0.25) is 0 Å². The third-order valence-corrected chi connectivity index (χ3v) is 6.36. The Labute approximate surface area is 128 Å². The number of benzene rings is 1. The summed E-state index contributed by atoms with van der Waals surface area (Å²) < 4.78 is 27.8. The summed E-state index contributed by atoms with van der Waals surface area (Å²) in [6.45, 7) is 2.90. The number of hydrogen-bond donors (Lipinski definition) is 1. The predicted molar refractivity (Wildman–Crippen MR) is 85.6 cm³/mol. The quantitative estimate of drug-likeness (QED) is 0.878. The fourth-order valence-corrected chi connectivity index (χ4v) is 5.04. The van der Waals surface area contributed by atoms with Crippen molar-refractivity contribution in [3.05, 3.63) is 29.8 Å². The van der Waals surface area contributed by atoms with E-state index in [0.29, 0.717) is 24.4 Å². The summed E-state index contributed by atoms with van der Waals surface area (Å²) in [7, 11) is -3.43. The predicted octanol–water partition coefficient (Wildman–Crippen LogP) is 2.67. The number of nitrogens with two attached hydrogens (primary N) is 1. The van der Waals surface area contributed by atoms with E-state index < -0.39 is 10.0 Å². The van der Waals surface area contributed by atoms with Gasteiger partial charge in [0.2, 0.25) is 10.0 Å². The molecule has 2 rings (SSSR count). The normalized spacial score (nSPS) is 17.3. The molecule has 0 saturated heterocycles. The van der Waals surface area contributed by atoms with E-state index in [9.17, 15) is 8.42 Å². The zero-order chi connectivity index (χ0) is 15.3. The molecule has 21 heavy (non-hydrogen) atoms. The number of nitrogens with zero attached hydrogens (tertiary/aromatic N) is 1. The Kier molecular flexibility index (Phi) is 5.79. The van der Waals surface area contributed by atoms with Crippen LogP contribution in [0.1, 0.15) is 44.1 Å². The van der Waals surface area contributed by atoms with Crippen LogP contribution in [0.15, 0.2) is 29.2 Å². The van der Waals surface area contributed by atoms with E-state index >= 15 is 0 Å². The molecular formula is C16H26N2O2S. The van der Waals surface area contributed by atoms with E-state index in [2.05, 4.69) is 0 Å². The van der Waals surface area contributed by atoms with Crippen molar-refractivity contribution < 1.29 is 8.42 Å². The molecule has 2 N–H and O–H groups in total. The average molecular weight is 310 g/mol. The van der Waals surface area contributed by atoms with E-state index in [-0.39, 0.29) is 6.04 Å². The highest BCUT2D eigenvalue weighted by Crippen LogP contribution is 2.29. The first-order chi connectivity index (χ1) is 10.1. The van der Waals surface area contributed by atoms with Crippen LogP contribution in [-0.2, 0) is 10.0 Å². The SMILES string of the molecule is Cc1ccccc1S(=O)(=O)N(CCCN)C1CCCCC1. The average Bonchev–Trinajstić information content (AvgIpc) is 2.49. The standard InChI is InChI=1S/C16H26N2O2S/c1-14-8-5-6-11-16(14)21(19,20)18(13-7-12-17)15-9-3-2-4-10-15/h5-6,8,11,15H,2-4,7,9-10,12-13,17H2,1H3. The highest BCUT2D eigenvalue weighted by atomic mass is 32.2. The third-order valence-electron chi connectivity index (χ3n) is 4.24. The summed E-state index contributed by atoms with van der Waals surface area (Å²) in [5.74, 6) is 0. The maximum Gasteiger partial charge on any atom is 0.243 e. The van der Waals surface area contributed by atoms with Crippen molar-refractivity contribution in [3.8, 4) is 0 Å². The Morgan fingerprint density at radius 2 is 1.86 bits per heavy atom. The minimum atomic E-state index is -3.43. The Morgan fingerprint density at radius 3 is 2.48 bits per heavy atom. The monoisotopic (exact) mass is 310 g/mol. The van der Waals surface area contributed by atoms with E-state index in [1.807, 2.05) is 19.1 Å². The fourth-order valence-electron chi connectivity index (χ4n) is 3.09. The lowest BCUT2D eigenvalue weighted by Gasteiger charge is -2.33. The molecule has 5 heteroatoms. The lowest BCUT2D eigenvalue weighted by atomic mass is 9.95. The van der Waals surface area contributed by atoms with Gasteiger partial charge in [0.15, 0.2) is 0 Å². The summed E-state index contributed by atoms with van der Waals surface area (Å²) in [6, 6.07) is 7.37. The molecule has 1 aliphatic rings. The molecule has 118 valence electrons. The number of rotatable bonds is 6. The molecule has 1 aromatic carbocycles. The van der Waals surface area contributed by atoms with Crippen LogP contribution < -0.4 is 5.73 Å². The van der Waals surface area contributed by atoms with Gasteiger partial charge in [0.05, 0.1) is 4.90 Å². The molecule has 1 fully saturated rings. The number of hydrogen-bond acceptors (Lipinski definition) is 3. The fraction of sp³-hybridized carbons (Fsp3) is 0.625. The largest absolute Gasteiger partial charge is 0.330 e. The van der Waals surface area contributed by atoms with Crippen molar-refractivity contribution in [2.75, 3.05) is 13.1 Å². The molecule has 0 radical (unpaired) electrons. The minimum Gasteiger partial charge on any atom is -0.330 e. The molecule has 0 amide bonds. The molecule has 1 saturated carbocycles. The van der Waals surface area contributed by atoms with Crippen molar-refractivity contribution in [1.29, 1.82) is 0 Å². The Morgan fingerprint density at radius 1 is 1.19 bits per heavy atom. The van der Waals surface area contributed by atoms with Gasteiger partial charge in [-0.2, -0.15) is 4.31 Å². The van der Waals surface area contributed by atoms with Gasteiger partial charge in [-0.1, -0.05) is 37.5 Å². The van der Waals surface area contributed by atoms with Crippen LogP contribution in [0, 0.1) is 6.92 Å². The molecule has 0 aliphatic heterocycles. The van der Waals surface area contributed by atoms with Crippen molar-refractivity contribution >= 4 is 10.0 Å². The second-order valence-electron chi connectivity index (χ2n) is 5.82. The van der Waals surface area contributed by atoms with Crippen molar-refractivity contribution in [2.24, 2.45) is 5.73 Å². The van der Waals surface area contributed by atoms with Crippen molar-refractivity contribution in [1.82, 2.24) is 4.31 Å². The summed E-state index contributed by atoms with van der Waals surface area (Å²) in [6.07, 6.45) is 6.10. The van der Waals surface area contributed by atoms with E-state index in [1.54, 1.807) is 16.4 Å². The van der Waals surface area contributed by atoms with Crippen LogP contribution in [0.2, 0.25) is 0 Å². The van der Waals surface area contributed by atoms with Gasteiger partial charge in [-0.05, 0) is 44.4 Å². The van der Waals surface area contributed by atoms with E-state index in [4.69, 9.17) is 5.73 Å².